The lowest BCUT2D eigenvalue weighted by Crippen LogP contribution is -1.92. The smallest absolute Gasteiger partial charge is 0.136 e. The summed E-state index contributed by atoms with van der Waals surface area (Å²) in [6, 6.07) is 14.7. The molecule has 0 saturated carbocycles. The number of fused-ring (bicyclic) bond motifs is 1. The fourth-order valence-electron chi connectivity index (χ4n) is 2.05. The van der Waals surface area contributed by atoms with Crippen LogP contribution in [0.3, 0.4) is 0 Å². The summed E-state index contributed by atoms with van der Waals surface area (Å²) in [5.74, 6) is 1.41. The van der Waals surface area contributed by atoms with E-state index >= 15 is 0 Å². The topological polar surface area (TPSA) is 68.4 Å². The first kappa shape index (κ1) is 12.4. The van der Waals surface area contributed by atoms with E-state index in [9.17, 15) is 0 Å². The van der Waals surface area contributed by atoms with E-state index in [1.807, 2.05) is 42.5 Å². The minimum absolute atomic E-state index is 0.0228. The number of anilines is 1. The average molecular weight is 266 g/mol. The van der Waals surface area contributed by atoms with E-state index in [4.69, 9.17) is 15.6 Å². The average Bonchev–Trinajstić information content (AvgIpc) is 2.51. The molecule has 3 rings (SSSR count). The molecular weight excluding hydrogens is 252 g/mol. The van der Waals surface area contributed by atoms with Crippen molar-refractivity contribution in [1.82, 2.24) is 4.98 Å². The van der Waals surface area contributed by atoms with Gasteiger partial charge in [0.05, 0.1) is 17.8 Å². The molecule has 0 aliphatic carbocycles. The van der Waals surface area contributed by atoms with Crippen molar-refractivity contribution >= 4 is 16.6 Å². The number of nitrogens with zero attached hydrogens (tertiary/aromatic N) is 1. The Labute approximate surface area is 116 Å². The summed E-state index contributed by atoms with van der Waals surface area (Å²) in [6.07, 6.45) is 1.71. The first-order chi connectivity index (χ1) is 9.78. The lowest BCUT2D eigenvalue weighted by atomic mass is 10.1. The molecule has 0 amide bonds. The van der Waals surface area contributed by atoms with Gasteiger partial charge in [-0.25, -0.2) is 0 Å². The highest BCUT2D eigenvalue weighted by Crippen LogP contribution is 2.31. The third-order valence-electron chi connectivity index (χ3n) is 3.09. The summed E-state index contributed by atoms with van der Waals surface area (Å²) < 4.78 is 5.87. The normalized spacial score (nSPS) is 10.7. The first-order valence-electron chi connectivity index (χ1n) is 6.29. The Hall–Kier alpha value is -2.59. The van der Waals surface area contributed by atoms with Crippen LogP contribution in [0.25, 0.3) is 10.9 Å². The quantitative estimate of drug-likeness (QED) is 0.715. The molecule has 4 heteroatoms. The standard InChI is InChI=1S/C16H14N2O2/c17-14-7-8-15(13-2-1-9-18-16(13)14)20-12-5-3-11(10-19)4-6-12/h1-9,19H,10,17H2. The van der Waals surface area contributed by atoms with Gasteiger partial charge >= 0.3 is 0 Å². The highest BCUT2D eigenvalue weighted by atomic mass is 16.5. The number of ether oxygens (including phenoxy) is 1. The van der Waals surface area contributed by atoms with E-state index in [-0.39, 0.29) is 6.61 Å². The molecule has 4 nitrogen and oxygen atoms in total. The van der Waals surface area contributed by atoms with Gasteiger partial charge in [0.1, 0.15) is 11.5 Å². The van der Waals surface area contributed by atoms with Crippen LogP contribution in [-0.4, -0.2) is 10.1 Å². The molecule has 20 heavy (non-hydrogen) atoms. The number of rotatable bonds is 3. The molecule has 0 radical (unpaired) electrons. The number of pyridine rings is 1. The second-order valence-electron chi connectivity index (χ2n) is 4.46. The van der Waals surface area contributed by atoms with Crippen molar-refractivity contribution in [2.45, 2.75) is 6.61 Å². The Balaban J connectivity index is 2.00. The zero-order chi connectivity index (χ0) is 13.9. The van der Waals surface area contributed by atoms with Crippen LogP contribution in [0.2, 0.25) is 0 Å². The summed E-state index contributed by atoms with van der Waals surface area (Å²) >= 11 is 0. The van der Waals surface area contributed by atoms with Crippen LogP contribution in [0, 0.1) is 0 Å². The second kappa shape index (κ2) is 5.19. The second-order valence-corrected chi connectivity index (χ2v) is 4.46. The van der Waals surface area contributed by atoms with E-state index < -0.39 is 0 Å². The van der Waals surface area contributed by atoms with Gasteiger partial charge in [-0.05, 0) is 42.0 Å². The number of aliphatic hydroxyl groups is 1. The Morgan fingerprint density at radius 2 is 1.85 bits per heavy atom. The minimum atomic E-state index is 0.0228. The molecule has 0 bridgehead atoms. The van der Waals surface area contributed by atoms with Crippen molar-refractivity contribution in [3.8, 4) is 11.5 Å². The van der Waals surface area contributed by atoms with Crippen molar-refractivity contribution in [2.24, 2.45) is 0 Å². The van der Waals surface area contributed by atoms with Crippen LogP contribution in [0.15, 0.2) is 54.7 Å². The highest BCUT2D eigenvalue weighted by Gasteiger charge is 2.06. The molecule has 0 aliphatic rings. The monoisotopic (exact) mass is 266 g/mol. The van der Waals surface area contributed by atoms with Crippen LogP contribution >= 0.6 is 0 Å². The minimum Gasteiger partial charge on any atom is -0.457 e. The van der Waals surface area contributed by atoms with Crippen molar-refractivity contribution in [2.75, 3.05) is 5.73 Å². The summed E-state index contributed by atoms with van der Waals surface area (Å²) in [7, 11) is 0. The lowest BCUT2D eigenvalue weighted by Gasteiger charge is -2.10. The van der Waals surface area contributed by atoms with Crippen molar-refractivity contribution in [3.63, 3.8) is 0 Å². The largest absolute Gasteiger partial charge is 0.457 e. The number of aliphatic hydroxyl groups excluding tert-OH is 1. The fraction of sp³-hybridized carbons (Fsp3) is 0.0625. The van der Waals surface area contributed by atoms with Gasteiger partial charge in [0.15, 0.2) is 0 Å². The maximum atomic E-state index is 9.03. The summed E-state index contributed by atoms with van der Waals surface area (Å²) in [6.45, 7) is 0.0228. The van der Waals surface area contributed by atoms with E-state index in [0.717, 1.165) is 16.5 Å². The van der Waals surface area contributed by atoms with Crippen LogP contribution in [0.4, 0.5) is 5.69 Å². The Bertz CT molecular complexity index is 739. The van der Waals surface area contributed by atoms with E-state index in [1.54, 1.807) is 12.3 Å². The van der Waals surface area contributed by atoms with Crippen molar-refractivity contribution in [1.29, 1.82) is 0 Å². The van der Waals surface area contributed by atoms with Crippen LogP contribution in [0.1, 0.15) is 5.56 Å². The molecule has 0 atom stereocenters. The Morgan fingerprint density at radius 3 is 2.60 bits per heavy atom. The zero-order valence-electron chi connectivity index (χ0n) is 10.8. The Kier molecular flexibility index (Phi) is 3.23. The number of aromatic nitrogens is 1. The molecule has 0 aliphatic heterocycles. The van der Waals surface area contributed by atoms with E-state index in [0.29, 0.717) is 17.2 Å². The number of nitrogens with two attached hydrogens (primary N) is 1. The predicted octanol–water partition coefficient (Wildman–Crippen LogP) is 3.10. The number of nitrogen functional groups attached to an aromatic ring is 1. The molecule has 1 heterocycles. The zero-order valence-corrected chi connectivity index (χ0v) is 10.8. The van der Waals surface area contributed by atoms with Gasteiger partial charge in [0, 0.05) is 11.6 Å². The van der Waals surface area contributed by atoms with E-state index in [2.05, 4.69) is 4.98 Å². The highest BCUT2D eigenvalue weighted by molar-refractivity contribution is 5.93. The molecule has 100 valence electrons. The van der Waals surface area contributed by atoms with Gasteiger partial charge in [-0.3, -0.25) is 4.98 Å². The third-order valence-corrected chi connectivity index (χ3v) is 3.09. The van der Waals surface area contributed by atoms with Crippen LogP contribution in [0.5, 0.6) is 11.5 Å². The number of benzene rings is 2. The number of hydrogen-bond acceptors (Lipinski definition) is 4. The molecule has 0 spiro atoms. The SMILES string of the molecule is Nc1ccc(Oc2ccc(CO)cc2)c2cccnc12. The van der Waals surface area contributed by atoms with Crippen molar-refractivity contribution in [3.05, 3.63) is 60.3 Å². The van der Waals surface area contributed by atoms with Crippen LogP contribution in [-0.2, 0) is 6.61 Å². The van der Waals surface area contributed by atoms with Gasteiger partial charge in [-0.1, -0.05) is 12.1 Å². The van der Waals surface area contributed by atoms with Gasteiger partial charge in [0.2, 0.25) is 0 Å². The Morgan fingerprint density at radius 1 is 1.05 bits per heavy atom. The van der Waals surface area contributed by atoms with Gasteiger partial charge in [0.25, 0.3) is 0 Å². The molecule has 1 aromatic heterocycles. The van der Waals surface area contributed by atoms with Crippen LogP contribution < -0.4 is 10.5 Å². The maximum Gasteiger partial charge on any atom is 0.136 e. The molecule has 2 aromatic carbocycles. The molecule has 0 saturated heterocycles. The molecule has 0 unspecified atom stereocenters. The summed E-state index contributed by atoms with van der Waals surface area (Å²) in [4.78, 5) is 4.27. The van der Waals surface area contributed by atoms with Gasteiger partial charge < -0.3 is 15.6 Å². The predicted molar refractivity (Wildman–Crippen MR) is 78.6 cm³/mol. The van der Waals surface area contributed by atoms with Crippen molar-refractivity contribution < 1.29 is 9.84 Å². The first-order valence-corrected chi connectivity index (χ1v) is 6.29. The van der Waals surface area contributed by atoms with Gasteiger partial charge in [-0.15, -0.1) is 0 Å². The molecule has 3 N–H and O–H groups in total. The fourth-order valence-corrected chi connectivity index (χ4v) is 2.05. The molecule has 3 aromatic rings. The maximum absolute atomic E-state index is 9.03. The lowest BCUT2D eigenvalue weighted by molar-refractivity contribution is 0.281. The van der Waals surface area contributed by atoms with Gasteiger partial charge in [-0.2, -0.15) is 0 Å². The number of hydrogen-bond donors (Lipinski definition) is 2. The molecular formula is C16H14N2O2. The van der Waals surface area contributed by atoms with E-state index in [1.165, 1.54) is 0 Å². The molecule has 0 fully saturated rings. The summed E-state index contributed by atoms with van der Waals surface area (Å²) in [5.41, 5.74) is 8.12. The summed E-state index contributed by atoms with van der Waals surface area (Å²) in [5, 5.41) is 9.90. The third kappa shape index (κ3) is 2.29.